The standard InChI is InChI=1S/C25H24N8O2S/c34-22(14-18-5-1-3-9-26-18)28-21-8-7-20(30-31-21)17-11-16(12-17)13-24-32-33-25(36-24)29-23(35)15-19-6-2-4-10-27-19/h1-10,16-17H,11-15H2,(H,28,31,34)(H,29,33,35)/t16-,17-. The molecular weight excluding hydrogens is 476 g/mol. The van der Waals surface area contributed by atoms with E-state index in [9.17, 15) is 9.59 Å². The van der Waals surface area contributed by atoms with Crippen LogP contribution in [0.4, 0.5) is 10.9 Å². The fourth-order valence-corrected chi connectivity index (χ4v) is 4.96. The van der Waals surface area contributed by atoms with Crippen molar-refractivity contribution in [3.05, 3.63) is 83.0 Å². The molecule has 11 heteroatoms. The van der Waals surface area contributed by atoms with E-state index in [1.807, 2.05) is 42.5 Å². The van der Waals surface area contributed by atoms with Crippen LogP contribution in [0.25, 0.3) is 0 Å². The summed E-state index contributed by atoms with van der Waals surface area (Å²) in [7, 11) is 0. The van der Waals surface area contributed by atoms with Gasteiger partial charge in [0.05, 0.1) is 18.5 Å². The third-order valence-electron chi connectivity index (χ3n) is 5.92. The van der Waals surface area contributed by atoms with Crippen molar-refractivity contribution in [2.24, 2.45) is 5.92 Å². The Hall–Kier alpha value is -4.12. The van der Waals surface area contributed by atoms with Crippen LogP contribution in [0.1, 0.15) is 40.8 Å². The molecule has 36 heavy (non-hydrogen) atoms. The van der Waals surface area contributed by atoms with E-state index in [1.54, 1.807) is 18.5 Å². The second kappa shape index (κ2) is 11.1. The lowest BCUT2D eigenvalue weighted by Crippen LogP contribution is -2.25. The zero-order chi connectivity index (χ0) is 24.7. The number of nitrogens with zero attached hydrogens (tertiary/aromatic N) is 6. The lowest BCUT2D eigenvalue weighted by Gasteiger charge is -2.34. The van der Waals surface area contributed by atoms with Crippen LogP contribution in [0.15, 0.2) is 60.9 Å². The molecule has 0 aromatic carbocycles. The van der Waals surface area contributed by atoms with E-state index in [0.29, 0.717) is 34.2 Å². The minimum atomic E-state index is -0.177. The smallest absolute Gasteiger partial charge is 0.232 e. The van der Waals surface area contributed by atoms with Crippen LogP contribution in [-0.4, -0.2) is 42.2 Å². The average molecular weight is 501 g/mol. The van der Waals surface area contributed by atoms with E-state index in [2.05, 4.69) is 41.0 Å². The molecule has 10 nitrogen and oxygen atoms in total. The predicted molar refractivity (Wildman–Crippen MR) is 134 cm³/mol. The van der Waals surface area contributed by atoms with Gasteiger partial charge in [-0.2, -0.15) is 5.10 Å². The van der Waals surface area contributed by atoms with Crippen molar-refractivity contribution in [3.63, 3.8) is 0 Å². The first-order valence-electron chi connectivity index (χ1n) is 11.7. The van der Waals surface area contributed by atoms with Gasteiger partial charge < -0.3 is 10.6 Å². The quantitative estimate of drug-likeness (QED) is 0.358. The molecule has 0 unspecified atom stereocenters. The molecule has 182 valence electrons. The van der Waals surface area contributed by atoms with Gasteiger partial charge in [0.15, 0.2) is 5.82 Å². The summed E-state index contributed by atoms with van der Waals surface area (Å²) in [6.07, 6.45) is 6.52. The summed E-state index contributed by atoms with van der Waals surface area (Å²) in [5.74, 6) is 0.923. The highest BCUT2D eigenvalue weighted by atomic mass is 32.1. The molecule has 5 rings (SSSR count). The van der Waals surface area contributed by atoms with E-state index in [0.717, 1.165) is 30.0 Å². The third-order valence-corrected chi connectivity index (χ3v) is 6.78. The van der Waals surface area contributed by atoms with Crippen molar-refractivity contribution in [1.82, 2.24) is 30.4 Å². The second-order valence-corrected chi connectivity index (χ2v) is 9.74. The van der Waals surface area contributed by atoms with E-state index >= 15 is 0 Å². The summed E-state index contributed by atoms with van der Waals surface area (Å²) in [6, 6.07) is 14.7. The molecule has 2 N–H and O–H groups in total. The number of carbonyl (C=O) groups excluding carboxylic acids is 2. The topological polar surface area (TPSA) is 136 Å². The fraction of sp³-hybridized carbons (Fsp3) is 0.280. The monoisotopic (exact) mass is 500 g/mol. The van der Waals surface area contributed by atoms with Crippen molar-refractivity contribution < 1.29 is 9.59 Å². The maximum absolute atomic E-state index is 12.2. The van der Waals surface area contributed by atoms with E-state index < -0.39 is 0 Å². The zero-order valence-electron chi connectivity index (χ0n) is 19.4. The molecule has 4 heterocycles. The molecule has 1 saturated carbocycles. The number of hydrogen-bond acceptors (Lipinski definition) is 9. The van der Waals surface area contributed by atoms with Gasteiger partial charge in [0.1, 0.15) is 5.01 Å². The first-order valence-corrected chi connectivity index (χ1v) is 12.5. The summed E-state index contributed by atoms with van der Waals surface area (Å²) in [5, 5.41) is 23.8. The maximum atomic E-state index is 12.2. The summed E-state index contributed by atoms with van der Waals surface area (Å²) >= 11 is 1.41. The minimum Gasteiger partial charge on any atom is -0.309 e. The van der Waals surface area contributed by atoms with Crippen molar-refractivity contribution >= 4 is 34.1 Å². The van der Waals surface area contributed by atoms with Crippen molar-refractivity contribution in [2.75, 3.05) is 10.6 Å². The second-order valence-electron chi connectivity index (χ2n) is 8.67. The highest BCUT2D eigenvalue weighted by Crippen LogP contribution is 2.42. The van der Waals surface area contributed by atoms with Gasteiger partial charge in [0.2, 0.25) is 16.9 Å². The number of aromatic nitrogens is 6. The first kappa shape index (κ1) is 23.6. The number of carbonyl (C=O) groups is 2. The first-order chi connectivity index (χ1) is 17.6. The molecule has 0 spiro atoms. The Bertz CT molecular complexity index is 1310. The highest BCUT2D eigenvalue weighted by Gasteiger charge is 2.32. The van der Waals surface area contributed by atoms with Crippen LogP contribution >= 0.6 is 11.3 Å². The number of hydrogen-bond donors (Lipinski definition) is 2. The van der Waals surface area contributed by atoms with Crippen LogP contribution in [0.3, 0.4) is 0 Å². The van der Waals surface area contributed by atoms with E-state index in [1.165, 1.54) is 11.3 Å². The van der Waals surface area contributed by atoms with Gasteiger partial charge in [-0.3, -0.25) is 19.6 Å². The molecule has 0 bridgehead atoms. The SMILES string of the molecule is O=C(Cc1ccccn1)Nc1ccc([C@H]2C[C@H](Cc3nnc(NC(=O)Cc4ccccn4)s3)C2)nn1. The molecular formula is C25H24N8O2S. The van der Waals surface area contributed by atoms with Gasteiger partial charge in [0, 0.05) is 36.1 Å². The Labute approximate surface area is 211 Å². The van der Waals surface area contributed by atoms with Crippen molar-refractivity contribution in [3.8, 4) is 0 Å². The van der Waals surface area contributed by atoms with E-state index in [4.69, 9.17) is 0 Å². The van der Waals surface area contributed by atoms with Gasteiger partial charge in [-0.15, -0.1) is 15.3 Å². The summed E-state index contributed by atoms with van der Waals surface area (Å²) in [6.45, 7) is 0. The Morgan fingerprint density at radius 2 is 1.50 bits per heavy atom. The average Bonchev–Trinajstić information content (AvgIpc) is 3.29. The van der Waals surface area contributed by atoms with Gasteiger partial charge in [-0.05, 0) is 55.2 Å². The van der Waals surface area contributed by atoms with Crippen LogP contribution in [0.2, 0.25) is 0 Å². The molecule has 1 aliphatic carbocycles. The lowest BCUT2D eigenvalue weighted by atomic mass is 9.72. The van der Waals surface area contributed by atoms with Crippen LogP contribution in [-0.2, 0) is 28.9 Å². The van der Waals surface area contributed by atoms with Crippen LogP contribution < -0.4 is 10.6 Å². The van der Waals surface area contributed by atoms with Crippen molar-refractivity contribution in [1.29, 1.82) is 0 Å². The van der Waals surface area contributed by atoms with Gasteiger partial charge in [0.25, 0.3) is 0 Å². The Morgan fingerprint density at radius 1 is 0.806 bits per heavy atom. The van der Waals surface area contributed by atoms with Gasteiger partial charge in [-0.25, -0.2) is 0 Å². The maximum Gasteiger partial charge on any atom is 0.232 e. The Balaban J connectivity index is 1.05. The number of anilines is 2. The number of pyridine rings is 2. The molecule has 1 fully saturated rings. The third kappa shape index (κ3) is 6.30. The normalized spacial score (nSPS) is 16.7. The van der Waals surface area contributed by atoms with Gasteiger partial charge >= 0.3 is 0 Å². The summed E-state index contributed by atoms with van der Waals surface area (Å²) in [5.41, 5.74) is 2.34. The fourth-order valence-electron chi connectivity index (χ4n) is 4.09. The van der Waals surface area contributed by atoms with Crippen LogP contribution in [0, 0.1) is 5.92 Å². The molecule has 2 amide bonds. The Morgan fingerprint density at radius 3 is 2.11 bits per heavy atom. The number of amides is 2. The largest absolute Gasteiger partial charge is 0.309 e. The molecule has 4 aromatic rings. The predicted octanol–water partition coefficient (Wildman–Crippen LogP) is 3.22. The molecule has 0 saturated heterocycles. The molecule has 0 aliphatic heterocycles. The summed E-state index contributed by atoms with van der Waals surface area (Å²) < 4.78 is 0. The zero-order valence-corrected chi connectivity index (χ0v) is 20.2. The van der Waals surface area contributed by atoms with Gasteiger partial charge in [-0.1, -0.05) is 23.5 Å². The summed E-state index contributed by atoms with van der Waals surface area (Å²) in [4.78, 5) is 32.7. The van der Waals surface area contributed by atoms with Crippen LogP contribution in [0.5, 0.6) is 0 Å². The van der Waals surface area contributed by atoms with Crippen molar-refractivity contribution in [2.45, 2.75) is 38.0 Å². The highest BCUT2D eigenvalue weighted by molar-refractivity contribution is 7.15. The van der Waals surface area contributed by atoms with E-state index in [-0.39, 0.29) is 24.7 Å². The minimum absolute atomic E-state index is 0.157. The number of nitrogens with one attached hydrogen (secondary N) is 2. The number of rotatable bonds is 9. The molecule has 0 radical (unpaired) electrons. The molecule has 4 aromatic heterocycles. The Kier molecular flexibility index (Phi) is 7.27. The molecule has 1 aliphatic rings. The molecule has 0 atom stereocenters. The lowest BCUT2D eigenvalue weighted by molar-refractivity contribution is -0.116.